The molecule has 0 aliphatic heterocycles. The van der Waals surface area contributed by atoms with Crippen molar-refractivity contribution in [3.8, 4) is 0 Å². The number of hydrogen-bond donors (Lipinski definition) is 1. The number of likely N-dealkylation sites (N-methyl/N-ethyl adjacent to an activating group) is 1. The quantitative estimate of drug-likeness (QED) is 0.555. The minimum absolute atomic E-state index is 0.101. The van der Waals surface area contributed by atoms with E-state index >= 15 is 0 Å². The Labute approximate surface area is 92.1 Å². The first-order valence-electron chi connectivity index (χ1n) is 4.96. The highest BCUT2D eigenvalue weighted by Gasteiger charge is 2.10. The van der Waals surface area contributed by atoms with Crippen molar-refractivity contribution in [2.24, 2.45) is 0 Å². The molecule has 0 rings (SSSR count). The first kappa shape index (κ1) is 13.4. The van der Waals surface area contributed by atoms with Gasteiger partial charge in [0.15, 0.2) is 0 Å². The maximum absolute atomic E-state index is 11.5. The van der Waals surface area contributed by atoms with Crippen molar-refractivity contribution in [3.63, 3.8) is 0 Å². The molecule has 82 valence electrons. The molecule has 0 fully saturated rings. The lowest BCUT2D eigenvalue weighted by Crippen LogP contribution is -2.21. The Hall–Kier alpha value is -1.57. The highest BCUT2D eigenvalue weighted by Crippen LogP contribution is 2.17. The number of carbonyl (C=O) groups is 1. The van der Waals surface area contributed by atoms with Crippen LogP contribution < -0.4 is 5.32 Å². The average molecular weight is 205 g/mol. The Morgan fingerprint density at radius 2 is 1.93 bits per heavy atom. The third-order valence-corrected chi connectivity index (χ3v) is 2.10. The van der Waals surface area contributed by atoms with Crippen molar-refractivity contribution in [3.05, 3.63) is 47.6 Å². The maximum Gasteiger partial charge on any atom is 0.251 e. The number of amides is 1. The van der Waals surface area contributed by atoms with Crippen LogP contribution >= 0.6 is 0 Å². The third-order valence-electron chi connectivity index (χ3n) is 2.10. The highest BCUT2D eigenvalue weighted by atomic mass is 16.1. The monoisotopic (exact) mass is 205 g/mol. The Kier molecular flexibility index (Phi) is 6.11. The van der Waals surface area contributed by atoms with E-state index in [1.165, 1.54) is 0 Å². The number of hydrogen-bond acceptors (Lipinski definition) is 1. The fourth-order valence-electron chi connectivity index (χ4n) is 1.13. The van der Waals surface area contributed by atoms with Crippen molar-refractivity contribution >= 4 is 5.91 Å². The predicted molar refractivity (Wildman–Crippen MR) is 65.5 cm³/mol. The molecule has 0 aromatic carbocycles. The number of allylic oxidation sites excluding steroid dienone is 5. The molecule has 0 aliphatic carbocycles. The van der Waals surface area contributed by atoms with Crippen LogP contribution in [-0.2, 0) is 4.79 Å². The Balaban J connectivity index is 4.91. The summed E-state index contributed by atoms with van der Waals surface area (Å²) < 4.78 is 0. The zero-order valence-electron chi connectivity index (χ0n) is 9.92. The van der Waals surface area contributed by atoms with E-state index in [0.717, 1.165) is 11.1 Å². The summed E-state index contributed by atoms with van der Waals surface area (Å²) in [5.41, 5.74) is 2.37. The molecule has 0 saturated heterocycles. The van der Waals surface area contributed by atoms with Crippen molar-refractivity contribution in [2.45, 2.75) is 20.8 Å². The van der Waals surface area contributed by atoms with E-state index in [9.17, 15) is 4.79 Å². The molecule has 0 aromatic heterocycles. The second kappa shape index (κ2) is 6.82. The van der Waals surface area contributed by atoms with Gasteiger partial charge in [0.2, 0.25) is 0 Å². The highest BCUT2D eigenvalue weighted by molar-refractivity contribution is 5.98. The largest absolute Gasteiger partial charge is 0.355 e. The summed E-state index contributed by atoms with van der Waals surface area (Å²) in [7, 11) is 1.62. The zero-order valence-corrected chi connectivity index (χ0v) is 9.92. The van der Waals surface area contributed by atoms with E-state index in [1.807, 2.05) is 39.0 Å². The summed E-state index contributed by atoms with van der Waals surface area (Å²) in [6.45, 7) is 9.63. The Bertz CT molecular complexity index is 332. The van der Waals surface area contributed by atoms with Gasteiger partial charge in [0.1, 0.15) is 0 Å². The van der Waals surface area contributed by atoms with Gasteiger partial charge in [0, 0.05) is 12.6 Å². The molecule has 0 bridgehead atoms. The van der Waals surface area contributed by atoms with Gasteiger partial charge < -0.3 is 5.32 Å². The minimum Gasteiger partial charge on any atom is -0.355 e. The van der Waals surface area contributed by atoms with E-state index in [0.29, 0.717) is 5.57 Å². The van der Waals surface area contributed by atoms with Gasteiger partial charge >= 0.3 is 0 Å². The molecule has 1 amide bonds. The lowest BCUT2D eigenvalue weighted by Gasteiger charge is -2.09. The molecule has 0 unspecified atom stereocenters. The van der Waals surface area contributed by atoms with Crippen LogP contribution in [0.2, 0.25) is 0 Å². The van der Waals surface area contributed by atoms with Crippen molar-refractivity contribution in [2.75, 3.05) is 7.05 Å². The van der Waals surface area contributed by atoms with E-state index in [4.69, 9.17) is 0 Å². The molecule has 0 aromatic rings. The van der Waals surface area contributed by atoms with Crippen molar-refractivity contribution in [1.29, 1.82) is 0 Å². The van der Waals surface area contributed by atoms with Crippen LogP contribution in [0, 0.1) is 0 Å². The molecule has 0 heterocycles. The van der Waals surface area contributed by atoms with Crippen LogP contribution in [0.25, 0.3) is 0 Å². The zero-order chi connectivity index (χ0) is 11.8. The van der Waals surface area contributed by atoms with Crippen LogP contribution in [0.4, 0.5) is 0 Å². The van der Waals surface area contributed by atoms with Gasteiger partial charge in [-0.05, 0) is 31.9 Å². The molecular weight excluding hydrogens is 186 g/mol. The molecule has 0 radical (unpaired) electrons. The fraction of sp³-hybridized carbons (Fsp3) is 0.308. The summed E-state index contributed by atoms with van der Waals surface area (Å²) in [5.74, 6) is -0.101. The van der Waals surface area contributed by atoms with Gasteiger partial charge in [0.05, 0.1) is 0 Å². The first-order valence-corrected chi connectivity index (χ1v) is 4.96. The summed E-state index contributed by atoms with van der Waals surface area (Å²) in [6.07, 6.45) is 7.58. The molecule has 1 N–H and O–H groups in total. The van der Waals surface area contributed by atoms with Gasteiger partial charge in [-0.3, -0.25) is 4.79 Å². The second-order valence-corrected chi connectivity index (χ2v) is 3.14. The molecule has 2 heteroatoms. The number of rotatable bonds is 4. The molecule has 0 aliphatic rings. The second-order valence-electron chi connectivity index (χ2n) is 3.14. The average Bonchev–Trinajstić information content (AvgIpc) is 2.26. The third kappa shape index (κ3) is 3.98. The van der Waals surface area contributed by atoms with E-state index in [-0.39, 0.29) is 5.91 Å². The van der Waals surface area contributed by atoms with Crippen LogP contribution in [0.15, 0.2) is 47.6 Å². The fourth-order valence-corrected chi connectivity index (χ4v) is 1.13. The molecule has 0 spiro atoms. The predicted octanol–water partition coefficient (Wildman–Crippen LogP) is 2.76. The van der Waals surface area contributed by atoms with Crippen LogP contribution in [-0.4, -0.2) is 13.0 Å². The Morgan fingerprint density at radius 1 is 1.33 bits per heavy atom. The molecule has 15 heavy (non-hydrogen) atoms. The van der Waals surface area contributed by atoms with Crippen molar-refractivity contribution in [1.82, 2.24) is 5.32 Å². The van der Waals surface area contributed by atoms with Gasteiger partial charge in [-0.2, -0.15) is 0 Å². The summed E-state index contributed by atoms with van der Waals surface area (Å²) >= 11 is 0. The van der Waals surface area contributed by atoms with Crippen molar-refractivity contribution < 1.29 is 4.79 Å². The minimum atomic E-state index is -0.101. The molecular formula is C13H19NO. The maximum atomic E-state index is 11.5. The summed E-state index contributed by atoms with van der Waals surface area (Å²) in [5, 5.41) is 2.59. The van der Waals surface area contributed by atoms with Gasteiger partial charge in [-0.15, -0.1) is 0 Å². The van der Waals surface area contributed by atoms with E-state index in [2.05, 4.69) is 11.9 Å². The topological polar surface area (TPSA) is 29.1 Å². The molecule has 0 atom stereocenters. The summed E-state index contributed by atoms with van der Waals surface area (Å²) in [4.78, 5) is 11.5. The molecule has 0 saturated carbocycles. The smallest absolute Gasteiger partial charge is 0.251 e. The Morgan fingerprint density at radius 3 is 2.33 bits per heavy atom. The van der Waals surface area contributed by atoms with Crippen LogP contribution in [0.5, 0.6) is 0 Å². The molecule has 2 nitrogen and oxygen atoms in total. The van der Waals surface area contributed by atoms with Crippen LogP contribution in [0.1, 0.15) is 20.8 Å². The first-order chi connectivity index (χ1) is 7.08. The van der Waals surface area contributed by atoms with E-state index in [1.54, 1.807) is 13.1 Å². The standard InChI is InChI=1S/C13H19NO/c1-6-8-9-10(3)11(4)12(7-2)13(15)14-5/h6-9H,4H2,1-3,5H3,(H,14,15)/b8-6-,10-9-,12-7+. The van der Waals surface area contributed by atoms with Gasteiger partial charge in [-0.1, -0.05) is 30.9 Å². The lowest BCUT2D eigenvalue weighted by atomic mass is 9.99. The normalized spacial score (nSPS) is 13.1. The van der Waals surface area contributed by atoms with Gasteiger partial charge in [0.25, 0.3) is 5.91 Å². The SMILES string of the molecule is C=C(/C(C)=C\C=C/C)/C(=C\C)C(=O)NC. The summed E-state index contributed by atoms with van der Waals surface area (Å²) in [6, 6.07) is 0. The van der Waals surface area contributed by atoms with Gasteiger partial charge in [-0.25, -0.2) is 0 Å². The van der Waals surface area contributed by atoms with Crippen LogP contribution in [0.3, 0.4) is 0 Å². The van der Waals surface area contributed by atoms with E-state index < -0.39 is 0 Å². The lowest BCUT2D eigenvalue weighted by molar-refractivity contribution is -0.116. The number of carbonyl (C=O) groups excluding carboxylic acids is 1. The number of nitrogens with one attached hydrogen (secondary N) is 1.